The number of amides is 2. The SMILES string of the molecule is Cc1ccc(N2CC(C(=O)N3CCC(CN)C3)CC2=O)cc1.Cl. The first-order chi connectivity index (χ1) is 10.6. The molecular weight excluding hydrogens is 314 g/mol. The summed E-state index contributed by atoms with van der Waals surface area (Å²) in [6, 6.07) is 7.87. The zero-order valence-electron chi connectivity index (χ0n) is 13.4. The second-order valence-electron chi connectivity index (χ2n) is 6.42. The number of carbonyl (C=O) groups is 2. The predicted molar refractivity (Wildman–Crippen MR) is 92.6 cm³/mol. The van der Waals surface area contributed by atoms with Crippen LogP contribution in [0.4, 0.5) is 5.69 Å². The van der Waals surface area contributed by atoms with E-state index in [9.17, 15) is 9.59 Å². The lowest BCUT2D eigenvalue weighted by Gasteiger charge is -2.21. The third kappa shape index (κ3) is 3.67. The minimum Gasteiger partial charge on any atom is -0.342 e. The third-order valence-electron chi connectivity index (χ3n) is 4.75. The van der Waals surface area contributed by atoms with Crippen molar-refractivity contribution in [3.63, 3.8) is 0 Å². The van der Waals surface area contributed by atoms with E-state index in [0.717, 1.165) is 30.8 Å². The molecule has 2 amide bonds. The Labute approximate surface area is 143 Å². The van der Waals surface area contributed by atoms with Crippen LogP contribution in [0.15, 0.2) is 24.3 Å². The number of hydrogen-bond acceptors (Lipinski definition) is 3. The number of benzene rings is 1. The van der Waals surface area contributed by atoms with E-state index in [1.54, 1.807) is 4.90 Å². The lowest BCUT2D eigenvalue weighted by molar-refractivity contribution is -0.134. The molecule has 1 aromatic rings. The van der Waals surface area contributed by atoms with Gasteiger partial charge in [-0.1, -0.05) is 17.7 Å². The van der Waals surface area contributed by atoms with Crippen molar-refractivity contribution in [2.45, 2.75) is 19.8 Å². The minimum absolute atomic E-state index is 0. The van der Waals surface area contributed by atoms with Gasteiger partial charge in [0.2, 0.25) is 11.8 Å². The fourth-order valence-electron chi connectivity index (χ4n) is 3.33. The number of likely N-dealkylation sites (tertiary alicyclic amines) is 1. The van der Waals surface area contributed by atoms with Crippen LogP contribution < -0.4 is 10.6 Å². The number of carbonyl (C=O) groups excluding carboxylic acids is 2. The summed E-state index contributed by atoms with van der Waals surface area (Å²) in [5, 5.41) is 0. The fourth-order valence-corrected chi connectivity index (χ4v) is 3.33. The van der Waals surface area contributed by atoms with Crippen molar-refractivity contribution in [3.8, 4) is 0 Å². The molecule has 2 heterocycles. The summed E-state index contributed by atoms with van der Waals surface area (Å²) in [6.45, 7) is 4.65. The summed E-state index contributed by atoms with van der Waals surface area (Å²) in [7, 11) is 0. The molecule has 0 spiro atoms. The number of hydrogen-bond donors (Lipinski definition) is 1. The number of rotatable bonds is 3. The van der Waals surface area contributed by atoms with Crippen LogP contribution in [-0.2, 0) is 9.59 Å². The van der Waals surface area contributed by atoms with Crippen molar-refractivity contribution < 1.29 is 9.59 Å². The molecule has 2 aliphatic heterocycles. The highest BCUT2D eigenvalue weighted by Gasteiger charge is 2.38. The molecule has 3 rings (SSSR count). The van der Waals surface area contributed by atoms with Gasteiger partial charge in [-0.25, -0.2) is 0 Å². The minimum atomic E-state index is -0.217. The van der Waals surface area contributed by atoms with Crippen LogP contribution >= 0.6 is 12.4 Å². The molecular formula is C17H24ClN3O2. The first kappa shape index (κ1) is 17.8. The van der Waals surface area contributed by atoms with Crippen molar-refractivity contribution in [3.05, 3.63) is 29.8 Å². The molecule has 5 nitrogen and oxygen atoms in total. The molecule has 23 heavy (non-hydrogen) atoms. The lowest BCUT2D eigenvalue weighted by Crippen LogP contribution is -2.36. The zero-order valence-corrected chi connectivity index (χ0v) is 14.2. The van der Waals surface area contributed by atoms with E-state index in [-0.39, 0.29) is 30.1 Å². The molecule has 2 unspecified atom stereocenters. The maximum absolute atomic E-state index is 12.6. The molecule has 2 saturated heterocycles. The Morgan fingerprint density at radius 2 is 1.96 bits per heavy atom. The monoisotopic (exact) mass is 337 g/mol. The first-order valence-corrected chi connectivity index (χ1v) is 7.94. The van der Waals surface area contributed by atoms with Gasteiger partial charge in [-0.05, 0) is 37.9 Å². The van der Waals surface area contributed by atoms with Gasteiger partial charge in [0.1, 0.15) is 0 Å². The topological polar surface area (TPSA) is 66.6 Å². The van der Waals surface area contributed by atoms with Crippen LogP contribution in [0.25, 0.3) is 0 Å². The van der Waals surface area contributed by atoms with E-state index in [4.69, 9.17) is 5.73 Å². The van der Waals surface area contributed by atoms with Crippen LogP contribution in [0, 0.1) is 18.8 Å². The highest BCUT2D eigenvalue weighted by molar-refractivity contribution is 6.00. The van der Waals surface area contributed by atoms with Crippen molar-refractivity contribution >= 4 is 29.9 Å². The highest BCUT2D eigenvalue weighted by atomic mass is 35.5. The molecule has 0 aliphatic carbocycles. The Morgan fingerprint density at radius 3 is 2.57 bits per heavy atom. The largest absolute Gasteiger partial charge is 0.342 e. The standard InChI is InChI=1S/C17H23N3O2.ClH/c1-12-2-4-15(5-3-12)20-11-14(8-16(20)21)17(22)19-7-6-13(9-18)10-19;/h2-5,13-14H,6-11,18H2,1H3;1H. The van der Waals surface area contributed by atoms with Gasteiger partial charge in [0.15, 0.2) is 0 Å². The maximum Gasteiger partial charge on any atom is 0.228 e. The van der Waals surface area contributed by atoms with Crippen molar-refractivity contribution in [2.75, 3.05) is 31.1 Å². The van der Waals surface area contributed by atoms with Crippen LogP contribution in [0.5, 0.6) is 0 Å². The number of nitrogens with two attached hydrogens (primary N) is 1. The summed E-state index contributed by atoms with van der Waals surface area (Å²) < 4.78 is 0. The average Bonchev–Trinajstić information content (AvgIpc) is 3.14. The summed E-state index contributed by atoms with van der Waals surface area (Å²) >= 11 is 0. The number of anilines is 1. The molecule has 126 valence electrons. The van der Waals surface area contributed by atoms with Crippen LogP contribution in [0.3, 0.4) is 0 Å². The Kier molecular flexibility index (Phi) is 5.65. The number of aryl methyl sites for hydroxylation is 1. The van der Waals surface area contributed by atoms with E-state index < -0.39 is 0 Å². The molecule has 2 N–H and O–H groups in total. The average molecular weight is 338 g/mol. The van der Waals surface area contributed by atoms with E-state index >= 15 is 0 Å². The van der Waals surface area contributed by atoms with Gasteiger partial charge >= 0.3 is 0 Å². The molecule has 6 heteroatoms. The third-order valence-corrected chi connectivity index (χ3v) is 4.75. The molecule has 0 aromatic heterocycles. The van der Waals surface area contributed by atoms with Gasteiger partial charge in [0.25, 0.3) is 0 Å². The smallest absolute Gasteiger partial charge is 0.228 e. The number of halogens is 1. The van der Waals surface area contributed by atoms with E-state index in [1.807, 2.05) is 36.1 Å². The van der Waals surface area contributed by atoms with E-state index in [0.29, 0.717) is 25.4 Å². The Bertz CT molecular complexity index is 576. The summed E-state index contributed by atoms with van der Waals surface area (Å²) in [5.74, 6) is 0.343. The van der Waals surface area contributed by atoms with Gasteiger partial charge in [0.05, 0.1) is 5.92 Å². The molecule has 2 atom stereocenters. The summed E-state index contributed by atoms with van der Waals surface area (Å²) in [6.07, 6.45) is 1.29. The zero-order chi connectivity index (χ0) is 15.7. The summed E-state index contributed by atoms with van der Waals surface area (Å²) in [5.41, 5.74) is 7.72. The Balaban J connectivity index is 0.00000192. The second kappa shape index (κ2) is 7.32. The van der Waals surface area contributed by atoms with Crippen LogP contribution in [0.1, 0.15) is 18.4 Å². The van der Waals surface area contributed by atoms with E-state index in [2.05, 4.69) is 0 Å². The van der Waals surface area contributed by atoms with Crippen LogP contribution in [0.2, 0.25) is 0 Å². The Morgan fingerprint density at radius 1 is 1.26 bits per heavy atom. The van der Waals surface area contributed by atoms with Gasteiger partial charge in [-0.2, -0.15) is 0 Å². The number of nitrogens with zero attached hydrogens (tertiary/aromatic N) is 2. The van der Waals surface area contributed by atoms with E-state index in [1.165, 1.54) is 0 Å². The normalized spacial score (nSPS) is 24.0. The first-order valence-electron chi connectivity index (χ1n) is 7.94. The quantitative estimate of drug-likeness (QED) is 0.910. The molecule has 0 radical (unpaired) electrons. The van der Waals surface area contributed by atoms with Gasteiger partial charge in [0, 0.05) is 31.7 Å². The lowest BCUT2D eigenvalue weighted by atomic mass is 10.1. The molecule has 1 aromatic carbocycles. The van der Waals surface area contributed by atoms with Gasteiger partial charge in [-0.3, -0.25) is 9.59 Å². The fraction of sp³-hybridized carbons (Fsp3) is 0.529. The highest BCUT2D eigenvalue weighted by Crippen LogP contribution is 2.28. The maximum atomic E-state index is 12.6. The van der Waals surface area contributed by atoms with Gasteiger partial charge < -0.3 is 15.5 Å². The summed E-state index contributed by atoms with van der Waals surface area (Å²) in [4.78, 5) is 28.5. The molecule has 2 fully saturated rings. The Hall–Kier alpha value is -1.59. The van der Waals surface area contributed by atoms with Crippen molar-refractivity contribution in [1.29, 1.82) is 0 Å². The van der Waals surface area contributed by atoms with Crippen LogP contribution in [-0.4, -0.2) is 42.9 Å². The van der Waals surface area contributed by atoms with Crippen molar-refractivity contribution in [1.82, 2.24) is 4.90 Å². The second-order valence-corrected chi connectivity index (χ2v) is 6.42. The molecule has 0 saturated carbocycles. The molecule has 0 bridgehead atoms. The van der Waals surface area contributed by atoms with Crippen molar-refractivity contribution in [2.24, 2.45) is 17.6 Å². The molecule has 2 aliphatic rings. The van der Waals surface area contributed by atoms with Gasteiger partial charge in [-0.15, -0.1) is 12.4 Å². The predicted octanol–water partition coefficient (Wildman–Crippen LogP) is 1.58.